The molecule has 106 valence electrons. The highest BCUT2D eigenvalue weighted by molar-refractivity contribution is 5.90. The molecule has 0 saturated heterocycles. The van der Waals surface area contributed by atoms with Crippen molar-refractivity contribution < 1.29 is 13.6 Å². The number of carbonyl (C=O) groups is 1. The van der Waals surface area contributed by atoms with Crippen LogP contribution in [0.1, 0.15) is 30.0 Å². The van der Waals surface area contributed by atoms with Crippen LogP contribution >= 0.6 is 0 Å². The van der Waals surface area contributed by atoms with Crippen molar-refractivity contribution in [1.82, 2.24) is 5.32 Å². The summed E-state index contributed by atoms with van der Waals surface area (Å²) in [5.41, 5.74) is 1.24. The van der Waals surface area contributed by atoms with Crippen LogP contribution in [-0.2, 0) is 0 Å². The molecular formula is C15H17FN2O2. The number of carbonyl (C=O) groups excluding carboxylic acids is 1. The minimum absolute atomic E-state index is 0.246. The maximum absolute atomic E-state index is 13.0. The van der Waals surface area contributed by atoms with Gasteiger partial charge < -0.3 is 15.1 Å². The molecule has 0 saturated carbocycles. The SMILES string of the molecule is Cc1ccc([C@H](C)NC(=O)Nc2ccc(F)cc2C)o1. The first-order valence-electron chi connectivity index (χ1n) is 6.35. The van der Waals surface area contributed by atoms with Crippen molar-refractivity contribution in [2.45, 2.75) is 26.8 Å². The summed E-state index contributed by atoms with van der Waals surface area (Å²) in [6.07, 6.45) is 0. The number of amides is 2. The lowest BCUT2D eigenvalue weighted by Crippen LogP contribution is -2.31. The third kappa shape index (κ3) is 3.38. The molecule has 2 rings (SSSR count). The molecule has 1 aromatic heterocycles. The highest BCUT2D eigenvalue weighted by Crippen LogP contribution is 2.18. The number of urea groups is 1. The van der Waals surface area contributed by atoms with Gasteiger partial charge in [-0.3, -0.25) is 0 Å². The zero-order valence-electron chi connectivity index (χ0n) is 11.7. The lowest BCUT2D eigenvalue weighted by atomic mass is 10.2. The molecule has 0 bridgehead atoms. The van der Waals surface area contributed by atoms with Crippen LogP contribution in [0.2, 0.25) is 0 Å². The lowest BCUT2D eigenvalue weighted by molar-refractivity contribution is 0.247. The number of rotatable bonds is 3. The molecule has 5 heteroatoms. The van der Waals surface area contributed by atoms with E-state index in [2.05, 4.69) is 10.6 Å². The summed E-state index contributed by atoms with van der Waals surface area (Å²) in [6, 6.07) is 7.27. The number of nitrogens with one attached hydrogen (secondary N) is 2. The summed E-state index contributed by atoms with van der Waals surface area (Å²) < 4.78 is 18.4. The second kappa shape index (κ2) is 5.77. The summed E-state index contributed by atoms with van der Waals surface area (Å²) in [7, 11) is 0. The average Bonchev–Trinajstić information content (AvgIpc) is 2.79. The second-order valence-electron chi connectivity index (χ2n) is 4.73. The van der Waals surface area contributed by atoms with E-state index < -0.39 is 0 Å². The van der Waals surface area contributed by atoms with Crippen molar-refractivity contribution in [2.75, 3.05) is 5.32 Å². The van der Waals surface area contributed by atoms with E-state index in [-0.39, 0.29) is 17.9 Å². The summed E-state index contributed by atoms with van der Waals surface area (Å²) in [5, 5.41) is 5.45. The summed E-state index contributed by atoms with van der Waals surface area (Å²) in [5.74, 6) is 1.16. The molecule has 2 amide bonds. The van der Waals surface area contributed by atoms with Crippen molar-refractivity contribution in [3.05, 3.63) is 53.2 Å². The highest BCUT2D eigenvalue weighted by atomic mass is 19.1. The largest absolute Gasteiger partial charge is 0.464 e. The lowest BCUT2D eigenvalue weighted by Gasteiger charge is -2.13. The molecule has 1 heterocycles. The number of aryl methyl sites for hydroxylation is 2. The van der Waals surface area contributed by atoms with Crippen molar-refractivity contribution in [3.63, 3.8) is 0 Å². The minimum Gasteiger partial charge on any atom is -0.464 e. The molecule has 0 aliphatic heterocycles. The van der Waals surface area contributed by atoms with E-state index in [0.717, 1.165) is 5.76 Å². The van der Waals surface area contributed by atoms with Crippen LogP contribution in [0, 0.1) is 19.7 Å². The van der Waals surface area contributed by atoms with Crippen molar-refractivity contribution in [3.8, 4) is 0 Å². The standard InChI is InChI=1S/C15H17FN2O2/c1-9-8-12(16)5-6-13(9)18-15(19)17-11(3)14-7-4-10(2)20-14/h4-8,11H,1-3H3,(H2,17,18,19)/t11-/m0/s1. The van der Waals surface area contributed by atoms with Gasteiger partial charge in [-0.15, -0.1) is 0 Å². The Kier molecular flexibility index (Phi) is 4.08. The second-order valence-corrected chi connectivity index (χ2v) is 4.73. The zero-order valence-corrected chi connectivity index (χ0v) is 11.7. The van der Waals surface area contributed by atoms with Gasteiger partial charge in [-0.1, -0.05) is 0 Å². The number of hydrogen-bond donors (Lipinski definition) is 2. The van der Waals surface area contributed by atoms with Gasteiger partial charge in [-0.05, 0) is 56.7 Å². The van der Waals surface area contributed by atoms with E-state index in [0.29, 0.717) is 17.0 Å². The van der Waals surface area contributed by atoms with E-state index >= 15 is 0 Å². The Labute approximate surface area is 117 Å². The van der Waals surface area contributed by atoms with Crippen LogP contribution in [-0.4, -0.2) is 6.03 Å². The maximum Gasteiger partial charge on any atom is 0.319 e. The van der Waals surface area contributed by atoms with Crippen LogP contribution < -0.4 is 10.6 Å². The topological polar surface area (TPSA) is 54.3 Å². The van der Waals surface area contributed by atoms with E-state index in [1.54, 1.807) is 6.92 Å². The van der Waals surface area contributed by atoms with Gasteiger partial charge in [0.2, 0.25) is 0 Å². The van der Waals surface area contributed by atoms with Crippen molar-refractivity contribution in [2.24, 2.45) is 0 Å². The minimum atomic E-state index is -0.360. The number of anilines is 1. The van der Waals surface area contributed by atoms with Gasteiger partial charge >= 0.3 is 6.03 Å². The van der Waals surface area contributed by atoms with Gasteiger partial charge in [0.1, 0.15) is 17.3 Å². The van der Waals surface area contributed by atoms with Gasteiger partial charge in [0.05, 0.1) is 6.04 Å². The Morgan fingerprint density at radius 2 is 2.00 bits per heavy atom. The van der Waals surface area contributed by atoms with Gasteiger partial charge in [0, 0.05) is 5.69 Å². The van der Waals surface area contributed by atoms with E-state index in [1.165, 1.54) is 18.2 Å². The number of halogens is 1. The Morgan fingerprint density at radius 3 is 2.60 bits per heavy atom. The van der Waals surface area contributed by atoms with Crippen LogP contribution in [0.4, 0.5) is 14.9 Å². The Balaban J connectivity index is 1.98. The van der Waals surface area contributed by atoms with E-state index in [1.807, 2.05) is 26.0 Å². The fourth-order valence-electron chi connectivity index (χ4n) is 1.88. The Bertz CT molecular complexity index is 622. The zero-order chi connectivity index (χ0) is 14.7. The fourth-order valence-corrected chi connectivity index (χ4v) is 1.88. The molecule has 0 fully saturated rings. The number of furan rings is 1. The fraction of sp³-hybridized carbons (Fsp3) is 0.267. The molecule has 4 nitrogen and oxygen atoms in total. The van der Waals surface area contributed by atoms with E-state index in [4.69, 9.17) is 4.42 Å². The first-order chi connectivity index (χ1) is 9.45. The predicted molar refractivity (Wildman–Crippen MR) is 75.2 cm³/mol. The van der Waals surface area contributed by atoms with Gasteiger partial charge in [-0.2, -0.15) is 0 Å². The molecule has 0 aliphatic carbocycles. The third-order valence-electron chi connectivity index (χ3n) is 2.97. The van der Waals surface area contributed by atoms with Gasteiger partial charge in [-0.25, -0.2) is 9.18 Å². The number of benzene rings is 1. The monoisotopic (exact) mass is 276 g/mol. The maximum atomic E-state index is 13.0. The molecular weight excluding hydrogens is 259 g/mol. The Morgan fingerprint density at radius 1 is 1.25 bits per heavy atom. The number of hydrogen-bond acceptors (Lipinski definition) is 2. The van der Waals surface area contributed by atoms with Gasteiger partial charge in [0.15, 0.2) is 0 Å². The summed E-state index contributed by atoms with van der Waals surface area (Å²) in [4.78, 5) is 11.9. The van der Waals surface area contributed by atoms with E-state index in [9.17, 15) is 9.18 Å². The van der Waals surface area contributed by atoms with Crippen LogP contribution in [0.25, 0.3) is 0 Å². The predicted octanol–water partition coefficient (Wildman–Crippen LogP) is 3.92. The third-order valence-corrected chi connectivity index (χ3v) is 2.97. The highest BCUT2D eigenvalue weighted by Gasteiger charge is 2.13. The van der Waals surface area contributed by atoms with Crippen LogP contribution in [0.3, 0.4) is 0 Å². The first-order valence-corrected chi connectivity index (χ1v) is 6.35. The van der Waals surface area contributed by atoms with Crippen molar-refractivity contribution in [1.29, 1.82) is 0 Å². The molecule has 0 unspecified atom stereocenters. The molecule has 0 radical (unpaired) electrons. The molecule has 1 atom stereocenters. The molecule has 2 aromatic rings. The molecule has 0 aliphatic rings. The van der Waals surface area contributed by atoms with Crippen molar-refractivity contribution >= 4 is 11.7 Å². The van der Waals surface area contributed by atoms with Crippen LogP contribution in [0.5, 0.6) is 0 Å². The smallest absolute Gasteiger partial charge is 0.319 e. The summed E-state index contributed by atoms with van der Waals surface area (Å²) in [6.45, 7) is 5.41. The molecule has 2 N–H and O–H groups in total. The Hall–Kier alpha value is -2.30. The first kappa shape index (κ1) is 14.1. The quantitative estimate of drug-likeness (QED) is 0.892. The average molecular weight is 276 g/mol. The summed E-state index contributed by atoms with van der Waals surface area (Å²) >= 11 is 0. The normalized spacial score (nSPS) is 12.0. The molecule has 20 heavy (non-hydrogen) atoms. The van der Waals surface area contributed by atoms with Gasteiger partial charge in [0.25, 0.3) is 0 Å². The molecule has 0 spiro atoms. The molecule has 1 aromatic carbocycles. The van der Waals surface area contributed by atoms with Crippen LogP contribution in [0.15, 0.2) is 34.7 Å².